The zero-order valence-electron chi connectivity index (χ0n) is 14.8. The molecule has 0 saturated heterocycles. The zero-order valence-corrected chi connectivity index (χ0v) is 14.8. The number of hydroxylamine groups is 2. The van der Waals surface area contributed by atoms with E-state index < -0.39 is 12.0 Å². The molecule has 0 radical (unpaired) electrons. The topological polar surface area (TPSA) is 66.8 Å². The third-order valence-electron chi connectivity index (χ3n) is 4.88. The maximum Gasteiger partial charge on any atom is 0.329 e. The van der Waals surface area contributed by atoms with E-state index in [-0.39, 0.29) is 12.5 Å². The van der Waals surface area contributed by atoms with Crippen molar-refractivity contribution in [1.29, 1.82) is 0 Å². The second-order valence-electron chi connectivity index (χ2n) is 6.48. The molecular formula is C21H23NO4. The van der Waals surface area contributed by atoms with E-state index in [2.05, 4.69) is 24.3 Å². The Morgan fingerprint density at radius 3 is 2.23 bits per heavy atom. The van der Waals surface area contributed by atoms with Gasteiger partial charge in [-0.25, -0.2) is 9.86 Å². The molecule has 0 saturated carbocycles. The Balaban J connectivity index is 1.80. The van der Waals surface area contributed by atoms with Crippen molar-refractivity contribution in [2.24, 2.45) is 0 Å². The Labute approximate surface area is 153 Å². The molecule has 26 heavy (non-hydrogen) atoms. The highest BCUT2D eigenvalue weighted by atomic mass is 16.7. The molecule has 2 aromatic carbocycles. The standard InChI is InChI=1S/C21H23NO4/c1-2-3-12-20(21(24)25)22(14-23)26-13-19-17-10-6-4-8-15(17)16-9-5-7-11-18(16)19/h4-11,14,19-20H,2-3,12-13H2,1H3,(H,24,25). The molecule has 0 spiro atoms. The van der Waals surface area contributed by atoms with Crippen LogP contribution in [0.4, 0.5) is 0 Å². The number of benzene rings is 2. The van der Waals surface area contributed by atoms with E-state index in [4.69, 9.17) is 4.84 Å². The van der Waals surface area contributed by atoms with E-state index in [0.29, 0.717) is 12.8 Å². The number of rotatable bonds is 9. The SMILES string of the molecule is CCCCC(C(=O)O)N(C=O)OCC1c2ccccc2-c2ccccc21. The van der Waals surface area contributed by atoms with Gasteiger partial charge in [-0.05, 0) is 28.7 Å². The maximum atomic E-state index is 11.5. The normalized spacial score (nSPS) is 13.7. The Bertz CT molecular complexity index is 744. The molecule has 1 N–H and O–H groups in total. The van der Waals surface area contributed by atoms with Crippen molar-refractivity contribution in [3.63, 3.8) is 0 Å². The van der Waals surface area contributed by atoms with Gasteiger partial charge >= 0.3 is 5.97 Å². The summed E-state index contributed by atoms with van der Waals surface area (Å²) in [5.41, 5.74) is 4.60. The van der Waals surface area contributed by atoms with Crippen LogP contribution in [-0.2, 0) is 14.4 Å². The van der Waals surface area contributed by atoms with Gasteiger partial charge in [0.15, 0.2) is 6.04 Å². The number of hydrogen-bond acceptors (Lipinski definition) is 3. The predicted molar refractivity (Wildman–Crippen MR) is 98.5 cm³/mol. The number of carbonyl (C=O) groups is 2. The minimum Gasteiger partial charge on any atom is -0.480 e. The van der Waals surface area contributed by atoms with Gasteiger partial charge in [0.25, 0.3) is 0 Å². The van der Waals surface area contributed by atoms with Crippen LogP contribution >= 0.6 is 0 Å². The lowest BCUT2D eigenvalue weighted by Gasteiger charge is -2.25. The molecule has 0 fully saturated rings. The second kappa shape index (κ2) is 8.15. The lowest BCUT2D eigenvalue weighted by molar-refractivity contribution is -0.197. The minimum atomic E-state index is -1.04. The van der Waals surface area contributed by atoms with Crippen LogP contribution in [0, 0.1) is 0 Å². The summed E-state index contributed by atoms with van der Waals surface area (Å²) in [5, 5.41) is 10.4. The number of fused-ring (bicyclic) bond motifs is 3. The molecule has 2 aromatic rings. The van der Waals surface area contributed by atoms with Crippen LogP contribution in [0.3, 0.4) is 0 Å². The lowest BCUT2D eigenvalue weighted by atomic mass is 9.98. The fourth-order valence-electron chi connectivity index (χ4n) is 3.55. The number of hydrogen-bond donors (Lipinski definition) is 1. The first kappa shape index (κ1) is 18.1. The van der Waals surface area contributed by atoms with Crippen LogP contribution in [0.2, 0.25) is 0 Å². The molecule has 1 amide bonds. The second-order valence-corrected chi connectivity index (χ2v) is 6.48. The fraction of sp³-hybridized carbons (Fsp3) is 0.333. The van der Waals surface area contributed by atoms with Crippen molar-refractivity contribution in [1.82, 2.24) is 5.06 Å². The summed E-state index contributed by atoms with van der Waals surface area (Å²) in [6, 6.07) is 15.3. The summed E-state index contributed by atoms with van der Waals surface area (Å²) in [5.74, 6) is -1.07. The van der Waals surface area contributed by atoms with Gasteiger partial charge in [0.2, 0.25) is 6.41 Å². The van der Waals surface area contributed by atoms with E-state index in [1.54, 1.807) is 0 Å². The average Bonchev–Trinajstić information content (AvgIpc) is 2.98. The quantitative estimate of drug-likeness (QED) is 0.549. The van der Waals surface area contributed by atoms with E-state index in [1.165, 1.54) is 0 Å². The third kappa shape index (κ3) is 3.48. The highest BCUT2D eigenvalue weighted by Gasteiger charge is 2.31. The number of carbonyl (C=O) groups excluding carboxylic acids is 1. The zero-order chi connectivity index (χ0) is 18.5. The molecular weight excluding hydrogens is 330 g/mol. The number of carboxylic acids is 1. The van der Waals surface area contributed by atoms with Gasteiger partial charge in [-0.2, -0.15) is 0 Å². The van der Waals surface area contributed by atoms with Crippen molar-refractivity contribution in [2.45, 2.75) is 38.1 Å². The van der Waals surface area contributed by atoms with Crippen molar-refractivity contribution in [3.8, 4) is 11.1 Å². The van der Waals surface area contributed by atoms with E-state index in [0.717, 1.165) is 40.2 Å². The van der Waals surface area contributed by atoms with Gasteiger partial charge in [0, 0.05) is 5.92 Å². The first-order valence-corrected chi connectivity index (χ1v) is 8.95. The maximum absolute atomic E-state index is 11.5. The Kier molecular flexibility index (Phi) is 5.68. The number of amides is 1. The summed E-state index contributed by atoms with van der Waals surface area (Å²) in [6.45, 7) is 2.21. The largest absolute Gasteiger partial charge is 0.480 e. The highest BCUT2D eigenvalue weighted by Crippen LogP contribution is 2.44. The molecule has 0 bridgehead atoms. The highest BCUT2D eigenvalue weighted by molar-refractivity contribution is 5.79. The predicted octanol–water partition coefficient (Wildman–Crippen LogP) is 3.83. The van der Waals surface area contributed by atoms with Gasteiger partial charge in [-0.3, -0.25) is 9.63 Å². The van der Waals surface area contributed by atoms with Crippen LogP contribution in [0.15, 0.2) is 48.5 Å². The van der Waals surface area contributed by atoms with E-state index >= 15 is 0 Å². The van der Waals surface area contributed by atoms with Crippen molar-refractivity contribution in [3.05, 3.63) is 59.7 Å². The first-order chi connectivity index (χ1) is 12.7. The lowest BCUT2D eigenvalue weighted by Crippen LogP contribution is -2.41. The van der Waals surface area contributed by atoms with Crippen molar-refractivity contribution in [2.75, 3.05) is 6.61 Å². The van der Waals surface area contributed by atoms with Crippen LogP contribution < -0.4 is 0 Å². The fourth-order valence-corrected chi connectivity index (χ4v) is 3.55. The minimum absolute atomic E-state index is 0.0227. The Morgan fingerprint density at radius 1 is 1.15 bits per heavy atom. The number of nitrogens with zero attached hydrogens (tertiary/aromatic N) is 1. The van der Waals surface area contributed by atoms with Gasteiger partial charge in [0.1, 0.15) is 0 Å². The van der Waals surface area contributed by atoms with E-state index in [9.17, 15) is 14.7 Å². The Morgan fingerprint density at radius 2 is 1.73 bits per heavy atom. The van der Waals surface area contributed by atoms with Gasteiger partial charge in [-0.15, -0.1) is 0 Å². The summed E-state index contributed by atoms with van der Waals surface area (Å²) in [6.07, 6.45) is 2.43. The molecule has 0 heterocycles. The van der Waals surface area contributed by atoms with E-state index in [1.807, 2.05) is 31.2 Å². The molecule has 1 unspecified atom stereocenters. The summed E-state index contributed by atoms with van der Waals surface area (Å²) in [4.78, 5) is 28.7. The molecule has 0 aliphatic heterocycles. The molecule has 1 aliphatic carbocycles. The molecule has 0 aromatic heterocycles. The van der Waals surface area contributed by atoms with Gasteiger partial charge in [-0.1, -0.05) is 68.3 Å². The monoisotopic (exact) mass is 353 g/mol. The van der Waals surface area contributed by atoms with Crippen LogP contribution in [0.25, 0.3) is 11.1 Å². The van der Waals surface area contributed by atoms with Crippen molar-refractivity contribution >= 4 is 12.4 Å². The first-order valence-electron chi connectivity index (χ1n) is 8.95. The molecule has 136 valence electrons. The van der Waals surface area contributed by atoms with Crippen LogP contribution in [0.1, 0.15) is 43.2 Å². The molecule has 5 heteroatoms. The Hall–Kier alpha value is -2.66. The van der Waals surface area contributed by atoms with Crippen LogP contribution in [0.5, 0.6) is 0 Å². The average molecular weight is 353 g/mol. The third-order valence-corrected chi connectivity index (χ3v) is 4.88. The summed E-state index contributed by atoms with van der Waals surface area (Å²) >= 11 is 0. The molecule has 1 atom stereocenters. The molecule has 3 rings (SSSR count). The van der Waals surface area contributed by atoms with Gasteiger partial charge < -0.3 is 5.11 Å². The number of unbranched alkanes of at least 4 members (excludes halogenated alkanes) is 1. The molecule has 1 aliphatic rings. The van der Waals surface area contributed by atoms with Crippen molar-refractivity contribution < 1.29 is 19.5 Å². The summed E-state index contributed by atoms with van der Waals surface area (Å²) < 4.78 is 0. The number of aliphatic carboxylic acids is 1. The van der Waals surface area contributed by atoms with Crippen LogP contribution in [-0.4, -0.2) is 35.2 Å². The smallest absolute Gasteiger partial charge is 0.329 e. The van der Waals surface area contributed by atoms with Gasteiger partial charge in [0.05, 0.1) is 6.61 Å². The molecule has 5 nitrogen and oxygen atoms in total. The summed E-state index contributed by atoms with van der Waals surface area (Å²) in [7, 11) is 0. The number of carboxylic acid groups (broad SMARTS) is 1.